The minimum atomic E-state index is -0.430. The summed E-state index contributed by atoms with van der Waals surface area (Å²) in [5.41, 5.74) is 3.16. The predicted octanol–water partition coefficient (Wildman–Crippen LogP) is 5.07. The molecule has 9 heteroatoms. The second kappa shape index (κ2) is 11.3. The summed E-state index contributed by atoms with van der Waals surface area (Å²) >= 11 is 0. The Morgan fingerprint density at radius 1 is 1.08 bits per heavy atom. The summed E-state index contributed by atoms with van der Waals surface area (Å²) in [6, 6.07) is 14.6. The Morgan fingerprint density at radius 2 is 1.83 bits per heavy atom. The van der Waals surface area contributed by atoms with Crippen molar-refractivity contribution in [3.8, 4) is 22.9 Å². The molecule has 9 nitrogen and oxygen atoms in total. The molecule has 1 N–H and O–H groups in total. The lowest BCUT2D eigenvalue weighted by Gasteiger charge is -2.35. The van der Waals surface area contributed by atoms with Crippen LogP contribution < -0.4 is 14.8 Å². The predicted molar refractivity (Wildman–Crippen MR) is 136 cm³/mol. The minimum absolute atomic E-state index is 0.142. The van der Waals surface area contributed by atoms with Crippen LogP contribution in [0.1, 0.15) is 44.7 Å². The van der Waals surface area contributed by atoms with Gasteiger partial charge in [0.15, 0.2) is 11.5 Å². The normalized spacial score (nSPS) is 15.9. The Labute approximate surface area is 211 Å². The molecule has 0 fully saturated rings. The summed E-state index contributed by atoms with van der Waals surface area (Å²) in [4.78, 5) is 19.5. The molecule has 0 saturated heterocycles. The molecule has 1 aromatic heterocycles. The van der Waals surface area contributed by atoms with Crippen LogP contribution in [0.5, 0.6) is 11.5 Å². The number of nitrogens with one attached hydrogen (secondary N) is 1. The van der Waals surface area contributed by atoms with Gasteiger partial charge in [-0.3, -0.25) is 4.90 Å². The summed E-state index contributed by atoms with van der Waals surface area (Å²) in [6.45, 7) is 6.97. The molecule has 0 spiro atoms. The first kappa shape index (κ1) is 25.2. The largest absolute Gasteiger partial charge is 0.493 e. The first-order valence-electron chi connectivity index (χ1n) is 11.9. The van der Waals surface area contributed by atoms with Gasteiger partial charge in [-0.2, -0.15) is 4.98 Å². The molecule has 2 amide bonds. The van der Waals surface area contributed by atoms with Gasteiger partial charge in [-0.15, -0.1) is 0 Å². The number of carbonyl (C=O) groups excluding carboxylic acids is 1. The molecule has 1 atom stereocenters. The lowest BCUT2D eigenvalue weighted by Crippen LogP contribution is -2.46. The van der Waals surface area contributed by atoms with Crippen LogP contribution in [0.25, 0.3) is 17.0 Å². The van der Waals surface area contributed by atoms with Gasteiger partial charge in [0.1, 0.15) is 0 Å². The molecule has 0 bridgehead atoms. The first-order valence-corrected chi connectivity index (χ1v) is 11.9. The van der Waals surface area contributed by atoms with Crippen molar-refractivity contribution in [2.45, 2.75) is 39.3 Å². The smallest absolute Gasteiger partial charge is 0.322 e. The quantitative estimate of drug-likeness (QED) is 0.395. The molecular formula is C27H32N4O5. The fourth-order valence-electron chi connectivity index (χ4n) is 4.19. The topological polar surface area (TPSA) is 99.0 Å². The van der Waals surface area contributed by atoms with E-state index in [9.17, 15) is 4.79 Å². The number of hydrogen-bond donors (Lipinski definition) is 1. The second-order valence-electron chi connectivity index (χ2n) is 8.71. The van der Waals surface area contributed by atoms with Gasteiger partial charge < -0.3 is 24.1 Å². The molecular weight excluding hydrogens is 460 g/mol. The van der Waals surface area contributed by atoms with Crippen molar-refractivity contribution < 1.29 is 23.5 Å². The van der Waals surface area contributed by atoms with Crippen molar-refractivity contribution in [1.29, 1.82) is 0 Å². The van der Waals surface area contributed by atoms with Crippen molar-refractivity contribution in [2.75, 3.05) is 27.4 Å². The number of benzene rings is 2. The summed E-state index contributed by atoms with van der Waals surface area (Å²) in [5.74, 6) is 1.93. The van der Waals surface area contributed by atoms with Crippen LogP contribution in [0.2, 0.25) is 0 Å². The van der Waals surface area contributed by atoms with Crippen LogP contribution in [0.15, 0.2) is 58.8 Å². The summed E-state index contributed by atoms with van der Waals surface area (Å²) in [6.07, 6.45) is 0.843. The maximum absolute atomic E-state index is 13.1. The number of carbonyl (C=O) groups is 1. The zero-order chi connectivity index (χ0) is 25.7. The fraction of sp³-hybridized carbons (Fsp3) is 0.370. The molecule has 1 unspecified atom stereocenters. The maximum Gasteiger partial charge on any atom is 0.322 e. The van der Waals surface area contributed by atoms with Crippen molar-refractivity contribution in [1.82, 2.24) is 20.4 Å². The summed E-state index contributed by atoms with van der Waals surface area (Å²) in [7, 11) is 3.16. The van der Waals surface area contributed by atoms with Crippen molar-refractivity contribution in [3.05, 3.63) is 65.7 Å². The van der Waals surface area contributed by atoms with E-state index in [0.717, 1.165) is 22.4 Å². The highest BCUT2D eigenvalue weighted by Crippen LogP contribution is 2.38. The van der Waals surface area contributed by atoms with Crippen LogP contribution in [0.3, 0.4) is 0 Å². The number of allylic oxidation sites excluding steroid dienone is 1. The van der Waals surface area contributed by atoms with E-state index >= 15 is 0 Å². The Balaban J connectivity index is 1.71. The number of aromatic nitrogens is 2. The number of ether oxygens (including phenoxy) is 3. The van der Waals surface area contributed by atoms with Crippen molar-refractivity contribution in [2.24, 2.45) is 0 Å². The molecule has 2 heterocycles. The zero-order valence-corrected chi connectivity index (χ0v) is 21.3. The third-order valence-electron chi connectivity index (χ3n) is 6.00. The van der Waals surface area contributed by atoms with Crippen LogP contribution >= 0.6 is 0 Å². The second-order valence-corrected chi connectivity index (χ2v) is 8.71. The molecule has 36 heavy (non-hydrogen) atoms. The van der Waals surface area contributed by atoms with Crippen LogP contribution in [0.4, 0.5) is 4.79 Å². The fourth-order valence-corrected chi connectivity index (χ4v) is 4.19. The molecule has 1 aliphatic heterocycles. The number of rotatable bonds is 10. The summed E-state index contributed by atoms with van der Waals surface area (Å²) < 4.78 is 22.2. The SMILES string of the molecule is COc1ccc(-c2noc(C3=C(C)N(CCCOC(C)C)C(=O)NC3c3ccccc3)n2)cc1OC. The standard InChI is InChI=1S/C27H32N4O5/c1-17(2)35-15-9-14-31-18(3)23(24(28-27(31)32)19-10-7-6-8-11-19)26-29-25(30-36-26)20-12-13-21(33-4)22(16-20)34-5/h6-8,10-13,16-17,24H,9,14-15H2,1-5H3,(H,28,32). The van der Waals surface area contributed by atoms with Gasteiger partial charge >= 0.3 is 6.03 Å². The molecule has 190 valence electrons. The maximum atomic E-state index is 13.1. The third kappa shape index (κ3) is 5.36. The van der Waals surface area contributed by atoms with Crippen LogP contribution in [0, 0.1) is 0 Å². The van der Waals surface area contributed by atoms with E-state index in [0.29, 0.717) is 42.8 Å². The summed E-state index contributed by atoms with van der Waals surface area (Å²) in [5, 5.41) is 7.34. The number of amides is 2. The van der Waals surface area contributed by atoms with E-state index in [1.807, 2.05) is 57.2 Å². The van der Waals surface area contributed by atoms with E-state index in [1.165, 1.54) is 0 Å². The van der Waals surface area contributed by atoms with E-state index in [1.54, 1.807) is 31.3 Å². The van der Waals surface area contributed by atoms with Crippen LogP contribution in [-0.2, 0) is 4.74 Å². The van der Waals surface area contributed by atoms with Crippen molar-refractivity contribution in [3.63, 3.8) is 0 Å². The average Bonchev–Trinajstić information content (AvgIpc) is 3.37. The van der Waals surface area contributed by atoms with E-state index in [-0.39, 0.29) is 12.1 Å². The van der Waals surface area contributed by atoms with E-state index < -0.39 is 6.04 Å². The Kier molecular flexibility index (Phi) is 7.90. The Hall–Kier alpha value is -3.85. The number of urea groups is 1. The van der Waals surface area contributed by atoms with Gasteiger partial charge in [0.2, 0.25) is 5.82 Å². The monoisotopic (exact) mass is 492 g/mol. The van der Waals surface area contributed by atoms with Gasteiger partial charge in [-0.25, -0.2) is 4.79 Å². The van der Waals surface area contributed by atoms with Gasteiger partial charge in [0.25, 0.3) is 5.89 Å². The molecule has 0 saturated carbocycles. The lowest BCUT2D eigenvalue weighted by atomic mass is 9.94. The van der Waals surface area contributed by atoms with Gasteiger partial charge in [0.05, 0.1) is 31.9 Å². The van der Waals surface area contributed by atoms with Crippen molar-refractivity contribution >= 4 is 11.6 Å². The highest BCUT2D eigenvalue weighted by molar-refractivity contribution is 5.86. The number of hydrogen-bond acceptors (Lipinski definition) is 7. The number of methoxy groups -OCH3 is 2. The molecule has 0 radical (unpaired) electrons. The molecule has 0 aliphatic carbocycles. The lowest BCUT2D eigenvalue weighted by molar-refractivity contribution is 0.0736. The van der Waals surface area contributed by atoms with Crippen LogP contribution in [-0.4, -0.2) is 54.5 Å². The number of nitrogens with zero attached hydrogens (tertiary/aromatic N) is 3. The zero-order valence-electron chi connectivity index (χ0n) is 21.3. The highest BCUT2D eigenvalue weighted by Gasteiger charge is 2.35. The minimum Gasteiger partial charge on any atom is -0.493 e. The van der Waals surface area contributed by atoms with Gasteiger partial charge in [0, 0.05) is 24.4 Å². The Morgan fingerprint density at radius 3 is 2.53 bits per heavy atom. The first-order chi connectivity index (χ1) is 17.4. The van der Waals surface area contributed by atoms with Gasteiger partial charge in [-0.1, -0.05) is 35.5 Å². The molecule has 2 aromatic carbocycles. The van der Waals surface area contributed by atoms with Gasteiger partial charge in [-0.05, 0) is 51.0 Å². The third-order valence-corrected chi connectivity index (χ3v) is 6.00. The Bertz CT molecular complexity index is 1220. The molecule has 4 rings (SSSR count). The van der Waals surface area contributed by atoms with E-state index in [4.69, 9.17) is 23.7 Å². The average molecular weight is 493 g/mol. The molecule has 1 aliphatic rings. The molecule has 3 aromatic rings. The highest BCUT2D eigenvalue weighted by atomic mass is 16.5. The van der Waals surface area contributed by atoms with E-state index in [2.05, 4.69) is 10.5 Å².